The predicted octanol–water partition coefficient (Wildman–Crippen LogP) is -0.0978. The molecule has 0 aliphatic heterocycles. The van der Waals surface area contributed by atoms with Crippen LogP contribution in [0.25, 0.3) is 0 Å². The van der Waals surface area contributed by atoms with Gasteiger partial charge in [0.05, 0.1) is 12.6 Å². The van der Waals surface area contributed by atoms with Crippen molar-refractivity contribution in [2.24, 2.45) is 11.5 Å². The molecule has 1 atom stereocenters. The van der Waals surface area contributed by atoms with E-state index in [1.807, 2.05) is 6.92 Å². The quantitative estimate of drug-likeness (QED) is 0.375. The molecule has 0 aromatic carbocycles. The van der Waals surface area contributed by atoms with Crippen LogP contribution in [-0.4, -0.2) is 37.6 Å². The van der Waals surface area contributed by atoms with Crippen LogP contribution in [0.1, 0.15) is 39.0 Å². The van der Waals surface area contributed by atoms with Gasteiger partial charge in [0.1, 0.15) is 6.54 Å². The van der Waals surface area contributed by atoms with Crippen LogP contribution >= 0.6 is 0 Å². The molecule has 18 heavy (non-hydrogen) atoms. The van der Waals surface area contributed by atoms with Crippen molar-refractivity contribution in [2.75, 3.05) is 19.7 Å². The van der Waals surface area contributed by atoms with Crippen LogP contribution in [0.5, 0.6) is 0 Å². The Balaban J connectivity index is 3.64. The number of ether oxygens (including phenoxy) is 1. The fraction of sp³-hybridized carbons (Fsp3) is 0.833. The van der Waals surface area contributed by atoms with Gasteiger partial charge in [-0.3, -0.25) is 9.59 Å². The summed E-state index contributed by atoms with van der Waals surface area (Å²) in [5.74, 6) is -0.745. The Labute approximate surface area is 108 Å². The van der Waals surface area contributed by atoms with E-state index in [9.17, 15) is 9.59 Å². The first-order chi connectivity index (χ1) is 8.61. The molecule has 0 aliphatic carbocycles. The zero-order valence-corrected chi connectivity index (χ0v) is 11.1. The number of hydrogen-bond acceptors (Lipinski definition) is 5. The first kappa shape index (κ1) is 16.9. The van der Waals surface area contributed by atoms with Crippen LogP contribution in [0, 0.1) is 0 Å². The topological polar surface area (TPSA) is 107 Å². The summed E-state index contributed by atoms with van der Waals surface area (Å²) >= 11 is 0. The molecule has 0 aromatic rings. The Hall–Kier alpha value is -1.14. The maximum Gasteiger partial charge on any atom is 0.325 e. The van der Waals surface area contributed by atoms with E-state index in [1.54, 1.807) is 0 Å². The molecular formula is C12H25N3O3. The van der Waals surface area contributed by atoms with Crippen molar-refractivity contribution in [1.82, 2.24) is 5.32 Å². The van der Waals surface area contributed by atoms with Crippen molar-refractivity contribution in [3.63, 3.8) is 0 Å². The van der Waals surface area contributed by atoms with E-state index in [-0.39, 0.29) is 12.5 Å². The molecule has 1 amide bonds. The Morgan fingerprint density at radius 3 is 2.61 bits per heavy atom. The van der Waals surface area contributed by atoms with Crippen molar-refractivity contribution in [1.29, 1.82) is 0 Å². The largest absolute Gasteiger partial charge is 0.464 e. The summed E-state index contributed by atoms with van der Waals surface area (Å²) in [4.78, 5) is 22.7. The lowest BCUT2D eigenvalue weighted by Crippen LogP contribution is -2.42. The molecule has 0 unspecified atom stereocenters. The third-order valence-electron chi connectivity index (χ3n) is 2.47. The van der Waals surface area contributed by atoms with E-state index >= 15 is 0 Å². The SMILES string of the molecule is CCCCOC(=O)CNC(=O)[C@@H](N)CCCCN. The van der Waals surface area contributed by atoms with E-state index < -0.39 is 12.0 Å². The zero-order chi connectivity index (χ0) is 13.8. The number of hydrogen-bond donors (Lipinski definition) is 3. The number of esters is 1. The Bertz CT molecular complexity index is 247. The average Bonchev–Trinajstić information content (AvgIpc) is 2.36. The van der Waals surface area contributed by atoms with Crippen LogP contribution in [0.3, 0.4) is 0 Å². The minimum atomic E-state index is -0.583. The second kappa shape index (κ2) is 11.0. The van der Waals surface area contributed by atoms with Gasteiger partial charge in [-0.05, 0) is 25.8 Å². The highest BCUT2D eigenvalue weighted by atomic mass is 16.5. The van der Waals surface area contributed by atoms with Gasteiger partial charge in [-0.1, -0.05) is 19.8 Å². The number of nitrogens with two attached hydrogens (primary N) is 2. The fourth-order valence-corrected chi connectivity index (χ4v) is 1.31. The molecule has 0 bridgehead atoms. The van der Waals surface area contributed by atoms with Gasteiger partial charge in [0.15, 0.2) is 0 Å². The second-order valence-corrected chi connectivity index (χ2v) is 4.18. The minimum absolute atomic E-state index is 0.118. The second-order valence-electron chi connectivity index (χ2n) is 4.18. The standard InChI is InChI=1S/C12H25N3O3/c1-2-3-8-18-11(16)9-15-12(17)10(14)6-4-5-7-13/h10H,2-9,13-14H2,1H3,(H,15,17)/t10-/m0/s1. The maximum atomic E-state index is 11.5. The lowest BCUT2D eigenvalue weighted by Gasteiger charge is -2.11. The van der Waals surface area contributed by atoms with Gasteiger partial charge < -0.3 is 21.5 Å². The van der Waals surface area contributed by atoms with Gasteiger partial charge in [0, 0.05) is 0 Å². The molecule has 0 saturated carbocycles. The highest BCUT2D eigenvalue weighted by molar-refractivity contribution is 5.85. The van der Waals surface area contributed by atoms with Crippen molar-refractivity contribution in [3.05, 3.63) is 0 Å². The Morgan fingerprint density at radius 2 is 2.00 bits per heavy atom. The monoisotopic (exact) mass is 259 g/mol. The van der Waals surface area contributed by atoms with Crippen LogP contribution < -0.4 is 16.8 Å². The summed E-state index contributed by atoms with van der Waals surface area (Å²) in [6.07, 6.45) is 4.03. The molecule has 0 heterocycles. The molecule has 0 rings (SSSR count). The molecule has 0 fully saturated rings. The van der Waals surface area contributed by atoms with Gasteiger partial charge >= 0.3 is 5.97 Å². The summed E-state index contributed by atoms with van der Waals surface area (Å²) in [5.41, 5.74) is 11.0. The van der Waals surface area contributed by atoms with E-state index in [4.69, 9.17) is 16.2 Å². The van der Waals surface area contributed by atoms with Crippen LogP contribution in [0.2, 0.25) is 0 Å². The van der Waals surface area contributed by atoms with Crippen LogP contribution in [-0.2, 0) is 14.3 Å². The number of rotatable bonds is 10. The van der Waals surface area contributed by atoms with Crippen molar-refractivity contribution in [2.45, 2.75) is 45.1 Å². The summed E-state index contributed by atoms with van der Waals surface area (Å²) in [6, 6.07) is -0.583. The highest BCUT2D eigenvalue weighted by Gasteiger charge is 2.14. The van der Waals surface area contributed by atoms with Crippen LogP contribution in [0.4, 0.5) is 0 Å². The van der Waals surface area contributed by atoms with E-state index in [1.165, 1.54) is 0 Å². The normalized spacial score (nSPS) is 11.9. The lowest BCUT2D eigenvalue weighted by atomic mass is 10.1. The lowest BCUT2D eigenvalue weighted by molar-refractivity contribution is -0.144. The van der Waals surface area contributed by atoms with E-state index in [2.05, 4.69) is 5.32 Å². The summed E-state index contributed by atoms with van der Waals surface area (Å²) in [5, 5.41) is 2.47. The molecule has 0 spiro atoms. The molecule has 0 aromatic heterocycles. The zero-order valence-electron chi connectivity index (χ0n) is 11.1. The van der Waals surface area contributed by atoms with Gasteiger partial charge in [-0.2, -0.15) is 0 Å². The number of nitrogens with one attached hydrogen (secondary N) is 1. The van der Waals surface area contributed by atoms with E-state index in [0.717, 1.165) is 25.7 Å². The smallest absolute Gasteiger partial charge is 0.325 e. The molecule has 5 N–H and O–H groups in total. The average molecular weight is 259 g/mol. The molecule has 0 radical (unpaired) electrons. The molecule has 106 valence electrons. The molecule has 6 heteroatoms. The van der Waals surface area contributed by atoms with Gasteiger partial charge in [0.25, 0.3) is 0 Å². The third-order valence-corrected chi connectivity index (χ3v) is 2.47. The first-order valence-corrected chi connectivity index (χ1v) is 6.50. The number of carbonyl (C=O) groups is 2. The highest BCUT2D eigenvalue weighted by Crippen LogP contribution is 1.97. The molecule has 0 saturated heterocycles. The number of unbranched alkanes of at least 4 members (excludes halogenated alkanes) is 2. The fourth-order valence-electron chi connectivity index (χ4n) is 1.31. The summed E-state index contributed by atoms with van der Waals surface area (Å²) < 4.78 is 4.90. The van der Waals surface area contributed by atoms with Crippen molar-refractivity contribution < 1.29 is 14.3 Å². The summed E-state index contributed by atoms with van der Waals surface area (Å²) in [7, 11) is 0. The number of carbonyl (C=O) groups excluding carboxylic acids is 2. The predicted molar refractivity (Wildman–Crippen MR) is 69.8 cm³/mol. The summed E-state index contributed by atoms with van der Waals surface area (Å²) in [6.45, 7) is 2.88. The molecular weight excluding hydrogens is 234 g/mol. The first-order valence-electron chi connectivity index (χ1n) is 6.50. The number of amides is 1. The van der Waals surface area contributed by atoms with Crippen molar-refractivity contribution in [3.8, 4) is 0 Å². The van der Waals surface area contributed by atoms with Crippen molar-refractivity contribution >= 4 is 11.9 Å². The van der Waals surface area contributed by atoms with Gasteiger partial charge in [-0.15, -0.1) is 0 Å². The minimum Gasteiger partial charge on any atom is -0.464 e. The van der Waals surface area contributed by atoms with E-state index in [0.29, 0.717) is 19.6 Å². The Morgan fingerprint density at radius 1 is 1.28 bits per heavy atom. The third kappa shape index (κ3) is 8.95. The molecule has 0 aliphatic rings. The molecule has 6 nitrogen and oxygen atoms in total. The maximum absolute atomic E-state index is 11.5. The van der Waals surface area contributed by atoms with Gasteiger partial charge in [0.2, 0.25) is 5.91 Å². The Kier molecular flexibility index (Phi) is 10.3. The van der Waals surface area contributed by atoms with Gasteiger partial charge in [-0.25, -0.2) is 0 Å². The van der Waals surface area contributed by atoms with Crippen LogP contribution in [0.15, 0.2) is 0 Å².